The maximum atomic E-state index is 13.1. The van der Waals surface area contributed by atoms with Crippen LogP contribution in [-0.2, 0) is 10.0 Å². The van der Waals surface area contributed by atoms with Crippen molar-refractivity contribution in [2.75, 3.05) is 18.8 Å². The van der Waals surface area contributed by atoms with Crippen molar-refractivity contribution in [3.05, 3.63) is 24.0 Å². The van der Waals surface area contributed by atoms with Crippen LogP contribution < -0.4 is 5.73 Å². The smallest absolute Gasteiger partial charge is 0.243 e. The van der Waals surface area contributed by atoms with Gasteiger partial charge in [-0.2, -0.15) is 4.31 Å². The largest absolute Gasteiger partial charge is 0.399 e. The summed E-state index contributed by atoms with van der Waals surface area (Å²) in [7, 11) is -3.64. The number of sulfonamides is 1. The number of hydrogen-bond acceptors (Lipinski definition) is 3. The van der Waals surface area contributed by atoms with Crippen molar-refractivity contribution in [1.82, 2.24) is 4.31 Å². The van der Waals surface area contributed by atoms with Gasteiger partial charge in [-0.15, -0.1) is 0 Å². The van der Waals surface area contributed by atoms with E-state index in [1.807, 2.05) is 6.92 Å². The van der Waals surface area contributed by atoms with Crippen LogP contribution in [0.1, 0.15) is 20.3 Å². The van der Waals surface area contributed by atoms with Crippen molar-refractivity contribution < 1.29 is 12.8 Å². The van der Waals surface area contributed by atoms with E-state index >= 15 is 0 Å². The highest BCUT2D eigenvalue weighted by Gasteiger charge is 2.23. The SMILES string of the molecule is CCCN(CC)S(=O)(=O)c1cc(N)cc(F)c1. The molecule has 1 aromatic rings. The molecule has 1 aromatic carbocycles. The molecule has 0 aliphatic rings. The van der Waals surface area contributed by atoms with E-state index in [1.165, 1.54) is 10.4 Å². The molecular weight excluding hydrogens is 243 g/mol. The lowest BCUT2D eigenvalue weighted by Gasteiger charge is -2.19. The van der Waals surface area contributed by atoms with Crippen molar-refractivity contribution in [2.24, 2.45) is 0 Å². The summed E-state index contributed by atoms with van der Waals surface area (Å²) in [4.78, 5) is -0.0923. The Balaban J connectivity index is 3.20. The van der Waals surface area contributed by atoms with E-state index in [4.69, 9.17) is 5.73 Å². The number of nitrogen functional groups attached to an aromatic ring is 1. The lowest BCUT2D eigenvalue weighted by Crippen LogP contribution is -2.31. The number of anilines is 1. The minimum atomic E-state index is -3.64. The number of halogens is 1. The third-order valence-corrected chi connectivity index (χ3v) is 4.31. The van der Waals surface area contributed by atoms with Crippen LogP contribution in [0.5, 0.6) is 0 Å². The van der Waals surface area contributed by atoms with E-state index in [9.17, 15) is 12.8 Å². The molecule has 0 heterocycles. The van der Waals surface area contributed by atoms with E-state index < -0.39 is 15.8 Å². The fourth-order valence-electron chi connectivity index (χ4n) is 1.58. The Morgan fingerprint density at radius 2 is 1.94 bits per heavy atom. The fourth-order valence-corrected chi connectivity index (χ4v) is 3.19. The van der Waals surface area contributed by atoms with Crippen LogP contribution in [0.4, 0.5) is 10.1 Å². The first-order valence-corrected chi connectivity index (χ1v) is 6.92. The third-order valence-electron chi connectivity index (χ3n) is 2.36. The maximum Gasteiger partial charge on any atom is 0.243 e. The predicted molar refractivity (Wildman–Crippen MR) is 65.5 cm³/mol. The number of benzene rings is 1. The summed E-state index contributed by atoms with van der Waals surface area (Å²) >= 11 is 0. The van der Waals surface area contributed by atoms with Crippen LogP contribution in [0.15, 0.2) is 23.1 Å². The summed E-state index contributed by atoms with van der Waals surface area (Å²) < 4.78 is 38.8. The van der Waals surface area contributed by atoms with Gasteiger partial charge in [-0.25, -0.2) is 12.8 Å². The Bertz CT molecular complexity index is 468. The van der Waals surface area contributed by atoms with E-state index in [0.717, 1.165) is 12.1 Å². The van der Waals surface area contributed by atoms with E-state index in [1.54, 1.807) is 6.92 Å². The van der Waals surface area contributed by atoms with Gasteiger partial charge in [-0.05, 0) is 24.6 Å². The van der Waals surface area contributed by atoms with Crippen LogP contribution in [0, 0.1) is 5.82 Å². The van der Waals surface area contributed by atoms with Crippen LogP contribution in [-0.4, -0.2) is 25.8 Å². The molecule has 0 radical (unpaired) electrons. The van der Waals surface area contributed by atoms with Crippen LogP contribution in [0.25, 0.3) is 0 Å². The standard InChI is InChI=1S/C11H17FN2O2S/c1-3-5-14(4-2)17(15,16)11-7-9(12)6-10(13)8-11/h6-8H,3-5,13H2,1-2H3. The topological polar surface area (TPSA) is 63.4 Å². The van der Waals surface area contributed by atoms with Crippen LogP contribution in [0.3, 0.4) is 0 Å². The molecule has 0 spiro atoms. The summed E-state index contributed by atoms with van der Waals surface area (Å²) in [6.07, 6.45) is 0.706. The van der Waals surface area contributed by atoms with Crippen molar-refractivity contribution in [2.45, 2.75) is 25.2 Å². The van der Waals surface area contributed by atoms with Crippen LogP contribution in [0.2, 0.25) is 0 Å². The average Bonchev–Trinajstić information content (AvgIpc) is 2.24. The molecule has 17 heavy (non-hydrogen) atoms. The molecule has 0 atom stereocenters. The molecule has 96 valence electrons. The highest BCUT2D eigenvalue weighted by molar-refractivity contribution is 7.89. The second kappa shape index (κ2) is 5.46. The lowest BCUT2D eigenvalue weighted by molar-refractivity contribution is 0.426. The Morgan fingerprint density at radius 3 is 2.41 bits per heavy atom. The minimum Gasteiger partial charge on any atom is -0.399 e. The van der Waals surface area contributed by atoms with Crippen molar-refractivity contribution in [3.8, 4) is 0 Å². The van der Waals surface area contributed by atoms with Crippen molar-refractivity contribution in [3.63, 3.8) is 0 Å². The molecule has 0 fully saturated rings. The second-order valence-corrected chi connectivity index (χ2v) is 5.65. The first-order chi connectivity index (χ1) is 7.91. The summed E-state index contributed by atoms with van der Waals surface area (Å²) in [6, 6.07) is 3.36. The molecule has 0 aliphatic carbocycles. The number of rotatable bonds is 5. The zero-order chi connectivity index (χ0) is 13.1. The zero-order valence-corrected chi connectivity index (χ0v) is 10.8. The van der Waals surface area contributed by atoms with Gasteiger partial charge >= 0.3 is 0 Å². The van der Waals surface area contributed by atoms with Gasteiger partial charge in [0.1, 0.15) is 5.82 Å². The molecule has 0 bridgehead atoms. The summed E-state index contributed by atoms with van der Waals surface area (Å²) in [6.45, 7) is 4.40. The maximum absolute atomic E-state index is 13.1. The van der Waals surface area contributed by atoms with Gasteiger partial charge < -0.3 is 5.73 Å². The fraction of sp³-hybridized carbons (Fsp3) is 0.455. The molecule has 0 aromatic heterocycles. The summed E-state index contributed by atoms with van der Waals surface area (Å²) in [5, 5.41) is 0. The van der Waals surface area contributed by atoms with E-state index in [2.05, 4.69) is 0 Å². The van der Waals surface area contributed by atoms with Gasteiger partial charge in [0, 0.05) is 18.8 Å². The number of nitrogens with two attached hydrogens (primary N) is 1. The molecule has 0 saturated carbocycles. The molecule has 0 aliphatic heterocycles. The molecule has 2 N–H and O–H groups in total. The highest BCUT2D eigenvalue weighted by Crippen LogP contribution is 2.20. The number of hydrogen-bond donors (Lipinski definition) is 1. The molecule has 4 nitrogen and oxygen atoms in total. The molecular formula is C11H17FN2O2S. The normalized spacial score (nSPS) is 12.0. The van der Waals surface area contributed by atoms with E-state index in [-0.39, 0.29) is 10.6 Å². The van der Waals surface area contributed by atoms with Crippen molar-refractivity contribution >= 4 is 15.7 Å². The number of nitrogens with zero attached hydrogens (tertiary/aromatic N) is 1. The Labute approximate surface area is 101 Å². The summed E-state index contributed by atoms with van der Waals surface area (Å²) in [5.41, 5.74) is 5.56. The second-order valence-electron chi connectivity index (χ2n) is 3.72. The van der Waals surface area contributed by atoms with Gasteiger partial charge in [0.25, 0.3) is 0 Å². The Hall–Kier alpha value is -1.14. The highest BCUT2D eigenvalue weighted by atomic mass is 32.2. The zero-order valence-electron chi connectivity index (χ0n) is 9.98. The van der Waals surface area contributed by atoms with Gasteiger partial charge in [0.15, 0.2) is 0 Å². The Morgan fingerprint density at radius 1 is 1.29 bits per heavy atom. The third kappa shape index (κ3) is 3.17. The van der Waals surface area contributed by atoms with E-state index in [0.29, 0.717) is 19.5 Å². The molecule has 6 heteroatoms. The molecule has 0 saturated heterocycles. The molecule has 0 unspecified atom stereocenters. The predicted octanol–water partition coefficient (Wildman–Crippen LogP) is 1.83. The van der Waals surface area contributed by atoms with Crippen LogP contribution >= 0.6 is 0 Å². The van der Waals surface area contributed by atoms with Gasteiger partial charge in [-0.3, -0.25) is 0 Å². The molecule has 0 amide bonds. The van der Waals surface area contributed by atoms with Gasteiger partial charge in [0.05, 0.1) is 4.90 Å². The summed E-state index contributed by atoms with van der Waals surface area (Å²) in [5.74, 6) is -0.642. The first kappa shape index (κ1) is 13.9. The lowest BCUT2D eigenvalue weighted by atomic mass is 10.3. The first-order valence-electron chi connectivity index (χ1n) is 5.48. The average molecular weight is 260 g/mol. The monoisotopic (exact) mass is 260 g/mol. The quantitative estimate of drug-likeness (QED) is 0.821. The minimum absolute atomic E-state index is 0.0923. The van der Waals surface area contributed by atoms with Crippen molar-refractivity contribution in [1.29, 1.82) is 0 Å². The molecule has 1 rings (SSSR count). The van der Waals surface area contributed by atoms with Gasteiger partial charge in [-0.1, -0.05) is 13.8 Å². The van der Waals surface area contributed by atoms with Gasteiger partial charge in [0.2, 0.25) is 10.0 Å². The Kier molecular flexibility index (Phi) is 4.47.